The van der Waals surface area contributed by atoms with Crippen molar-refractivity contribution in [2.24, 2.45) is 0 Å². The van der Waals surface area contributed by atoms with E-state index in [0.29, 0.717) is 12.8 Å². The van der Waals surface area contributed by atoms with E-state index in [2.05, 4.69) is 67.8 Å². The van der Waals surface area contributed by atoms with Gasteiger partial charge in [-0.3, -0.25) is 0 Å². The first-order chi connectivity index (χ1) is 15.8. The van der Waals surface area contributed by atoms with E-state index in [-0.39, 0.29) is 0 Å². The van der Waals surface area contributed by atoms with Crippen LogP contribution in [0.25, 0.3) is 0 Å². The third-order valence-corrected chi connectivity index (χ3v) is 5.98. The van der Waals surface area contributed by atoms with Gasteiger partial charge in [0.25, 0.3) is 0 Å². The van der Waals surface area contributed by atoms with Crippen LogP contribution in [-0.2, 0) is 26.2 Å². The SMILES string of the molecule is N#CCCCn1cc[n+](CCCCCCCCCCCC[n+]2ccn(CCCC#N)c2)c1. The molecular weight excluding hydrogens is 396 g/mol. The van der Waals surface area contributed by atoms with E-state index < -0.39 is 0 Å². The summed E-state index contributed by atoms with van der Waals surface area (Å²) in [6, 6.07) is 4.41. The van der Waals surface area contributed by atoms with Gasteiger partial charge in [0.15, 0.2) is 0 Å². The van der Waals surface area contributed by atoms with E-state index in [1.165, 1.54) is 64.2 Å². The molecule has 0 spiro atoms. The highest BCUT2D eigenvalue weighted by Crippen LogP contribution is 2.10. The smallest absolute Gasteiger partial charge is 0.237 e. The lowest BCUT2D eigenvalue weighted by Gasteiger charge is -2.02. The van der Waals surface area contributed by atoms with Gasteiger partial charge in [-0.05, 0) is 38.5 Å². The lowest BCUT2D eigenvalue weighted by atomic mass is 10.1. The van der Waals surface area contributed by atoms with Crippen molar-refractivity contribution in [3.8, 4) is 12.1 Å². The molecule has 2 aromatic rings. The van der Waals surface area contributed by atoms with Crippen molar-refractivity contribution in [3.63, 3.8) is 0 Å². The molecule has 6 heteroatoms. The summed E-state index contributed by atoms with van der Waals surface area (Å²) in [5.74, 6) is 0. The first kappa shape index (κ1) is 25.7. The molecular formula is C26H42N6+2. The highest BCUT2D eigenvalue weighted by molar-refractivity contribution is 4.72. The van der Waals surface area contributed by atoms with E-state index in [4.69, 9.17) is 10.5 Å². The van der Waals surface area contributed by atoms with Crippen LogP contribution in [0.15, 0.2) is 37.4 Å². The number of rotatable bonds is 19. The number of aryl methyl sites for hydroxylation is 4. The van der Waals surface area contributed by atoms with Gasteiger partial charge in [-0.1, -0.05) is 38.5 Å². The predicted octanol–water partition coefficient (Wildman–Crippen LogP) is 5.07. The summed E-state index contributed by atoms with van der Waals surface area (Å²) in [7, 11) is 0. The minimum absolute atomic E-state index is 0.637. The van der Waals surface area contributed by atoms with Crippen molar-refractivity contribution in [1.29, 1.82) is 10.5 Å². The molecule has 0 atom stereocenters. The summed E-state index contributed by atoms with van der Waals surface area (Å²) in [5.41, 5.74) is 0. The van der Waals surface area contributed by atoms with Crippen LogP contribution < -0.4 is 9.13 Å². The van der Waals surface area contributed by atoms with Crippen LogP contribution >= 0.6 is 0 Å². The number of unbranched alkanes of at least 4 members (excludes halogenated alkanes) is 11. The van der Waals surface area contributed by atoms with Crippen LogP contribution in [-0.4, -0.2) is 9.13 Å². The van der Waals surface area contributed by atoms with Crippen molar-refractivity contribution in [1.82, 2.24) is 9.13 Å². The van der Waals surface area contributed by atoms with Crippen LogP contribution in [0.3, 0.4) is 0 Å². The molecule has 32 heavy (non-hydrogen) atoms. The van der Waals surface area contributed by atoms with Gasteiger partial charge < -0.3 is 0 Å². The maximum Gasteiger partial charge on any atom is 0.243 e. The summed E-state index contributed by atoms with van der Waals surface area (Å²) in [6.07, 6.45) is 29.4. The van der Waals surface area contributed by atoms with Crippen LogP contribution in [0, 0.1) is 22.7 Å². The van der Waals surface area contributed by atoms with E-state index in [1.54, 1.807) is 0 Å². The number of hydrogen-bond acceptors (Lipinski definition) is 2. The first-order valence-corrected chi connectivity index (χ1v) is 12.7. The Morgan fingerprint density at radius 1 is 0.531 bits per heavy atom. The average Bonchev–Trinajstić information content (AvgIpc) is 3.44. The average molecular weight is 439 g/mol. The van der Waals surface area contributed by atoms with Crippen LogP contribution in [0.5, 0.6) is 0 Å². The van der Waals surface area contributed by atoms with Gasteiger partial charge in [0, 0.05) is 12.8 Å². The second kappa shape index (κ2) is 17.0. The standard InChI is InChI=1S/C26H42N6/c27-15-9-13-19-31-23-21-29(25-31)17-11-7-5-3-1-2-4-6-8-12-18-30-22-24-32(26-30)20-14-10-16-28/h21-26H,1-14,17-20H2/q+2. The van der Waals surface area contributed by atoms with Crippen LogP contribution in [0.4, 0.5) is 0 Å². The molecule has 2 rings (SSSR count). The molecule has 0 aromatic carbocycles. The number of hydrogen-bond donors (Lipinski definition) is 0. The Balaban J connectivity index is 1.35. The van der Waals surface area contributed by atoms with Gasteiger partial charge >= 0.3 is 0 Å². The molecule has 2 aromatic heterocycles. The Morgan fingerprint density at radius 2 is 0.906 bits per heavy atom. The van der Waals surface area contributed by atoms with Crippen LogP contribution in [0.2, 0.25) is 0 Å². The fourth-order valence-corrected chi connectivity index (χ4v) is 4.09. The zero-order valence-corrected chi connectivity index (χ0v) is 19.9. The molecule has 0 unspecified atom stereocenters. The van der Waals surface area contributed by atoms with Crippen molar-refractivity contribution >= 4 is 0 Å². The lowest BCUT2D eigenvalue weighted by Crippen LogP contribution is -2.30. The normalized spacial score (nSPS) is 10.8. The second-order valence-electron chi connectivity index (χ2n) is 8.84. The maximum atomic E-state index is 8.61. The number of nitriles is 2. The molecule has 0 saturated heterocycles. The summed E-state index contributed by atoms with van der Waals surface area (Å²) < 4.78 is 8.92. The van der Waals surface area contributed by atoms with Gasteiger partial charge in [0.2, 0.25) is 12.7 Å². The molecule has 0 radical (unpaired) electrons. The van der Waals surface area contributed by atoms with Gasteiger partial charge in [-0.2, -0.15) is 10.5 Å². The second-order valence-corrected chi connectivity index (χ2v) is 8.84. The lowest BCUT2D eigenvalue weighted by molar-refractivity contribution is -0.697. The Bertz CT molecular complexity index is 739. The molecule has 0 saturated carbocycles. The Morgan fingerprint density at radius 3 is 1.28 bits per heavy atom. The van der Waals surface area contributed by atoms with E-state index in [9.17, 15) is 0 Å². The predicted molar refractivity (Wildman–Crippen MR) is 125 cm³/mol. The molecule has 0 aliphatic heterocycles. The third kappa shape index (κ3) is 11.7. The van der Waals surface area contributed by atoms with Crippen molar-refractivity contribution in [3.05, 3.63) is 37.4 Å². The Kier molecular flexibility index (Phi) is 13.6. The van der Waals surface area contributed by atoms with E-state index in [1.807, 2.05) is 0 Å². The van der Waals surface area contributed by atoms with Gasteiger partial charge in [-0.15, -0.1) is 0 Å². The van der Waals surface area contributed by atoms with Gasteiger partial charge in [-0.25, -0.2) is 18.3 Å². The summed E-state index contributed by atoms with van der Waals surface area (Å²) in [5, 5.41) is 17.2. The molecule has 174 valence electrons. The highest BCUT2D eigenvalue weighted by Gasteiger charge is 2.04. The maximum absolute atomic E-state index is 8.61. The minimum Gasteiger partial charge on any atom is -0.237 e. The van der Waals surface area contributed by atoms with Crippen LogP contribution in [0.1, 0.15) is 89.9 Å². The quantitative estimate of drug-likeness (QED) is 0.227. The molecule has 2 heterocycles. The van der Waals surface area contributed by atoms with Crippen molar-refractivity contribution in [2.45, 2.75) is 116 Å². The first-order valence-electron chi connectivity index (χ1n) is 12.7. The van der Waals surface area contributed by atoms with Crippen molar-refractivity contribution < 1.29 is 9.13 Å². The van der Waals surface area contributed by atoms with E-state index in [0.717, 1.165) is 39.0 Å². The Labute approximate surface area is 194 Å². The highest BCUT2D eigenvalue weighted by atomic mass is 15.1. The zero-order chi connectivity index (χ0) is 22.7. The summed E-state index contributed by atoms with van der Waals surface area (Å²) >= 11 is 0. The molecule has 0 amide bonds. The minimum atomic E-state index is 0.637. The molecule has 6 nitrogen and oxygen atoms in total. The zero-order valence-electron chi connectivity index (χ0n) is 19.9. The van der Waals surface area contributed by atoms with Gasteiger partial charge in [0.05, 0.1) is 38.3 Å². The molecule has 0 bridgehead atoms. The number of nitrogens with zero attached hydrogens (tertiary/aromatic N) is 6. The monoisotopic (exact) mass is 438 g/mol. The fraction of sp³-hybridized carbons (Fsp3) is 0.692. The van der Waals surface area contributed by atoms with E-state index >= 15 is 0 Å². The molecule has 0 aliphatic carbocycles. The largest absolute Gasteiger partial charge is 0.243 e. The third-order valence-electron chi connectivity index (χ3n) is 5.98. The number of aromatic nitrogens is 4. The van der Waals surface area contributed by atoms with Gasteiger partial charge in [0.1, 0.15) is 24.8 Å². The number of imidazole rings is 2. The Hall–Kier alpha value is -2.60. The fourth-order valence-electron chi connectivity index (χ4n) is 4.09. The topological polar surface area (TPSA) is 65.2 Å². The summed E-state index contributed by atoms with van der Waals surface area (Å²) in [6.45, 7) is 4.09. The van der Waals surface area contributed by atoms with Crippen molar-refractivity contribution in [2.75, 3.05) is 0 Å². The molecule has 0 fully saturated rings. The molecule has 0 aliphatic rings. The molecule has 0 N–H and O–H groups in total. The summed E-state index contributed by atoms with van der Waals surface area (Å²) in [4.78, 5) is 0.